The van der Waals surface area contributed by atoms with Gasteiger partial charge >= 0.3 is 0 Å². The summed E-state index contributed by atoms with van der Waals surface area (Å²) in [5.41, 5.74) is 10.3. The summed E-state index contributed by atoms with van der Waals surface area (Å²) in [4.78, 5) is 14.3. The molecule has 1 heteroatoms. The summed E-state index contributed by atoms with van der Waals surface area (Å²) >= 11 is 0. The maximum absolute atomic E-state index is 14.3. The van der Waals surface area contributed by atoms with Gasteiger partial charge in [0.1, 0.15) is 0 Å². The topological polar surface area (TPSA) is 17.1 Å². The Balaban J connectivity index is 1.29. The Kier molecular flexibility index (Phi) is 5.87. The van der Waals surface area contributed by atoms with Crippen LogP contribution in [0, 0.1) is 6.92 Å². The molecule has 1 nitrogen and oxygen atoms in total. The molecule has 0 amide bonds. The average molecular weight is 551 g/mol. The standard InChI is InChI=1S/C42H30O/c1-26-9-3-5-11-33(26)27(2)31-19-17-29-15-16-30-18-20-32(24-40(30)42(43)39(29)23-31)38-25-41-34-12-6-4-10-28(34)21-22-37(41)35-13-7-8-14-36(35)38/h3-14,17-25H,2,15-16H2,1H3. The number of hydrogen-bond acceptors (Lipinski definition) is 1. The van der Waals surface area contributed by atoms with E-state index >= 15 is 0 Å². The Morgan fingerprint density at radius 1 is 0.558 bits per heavy atom. The molecule has 0 unspecified atom stereocenters. The van der Waals surface area contributed by atoms with Gasteiger partial charge in [0.2, 0.25) is 0 Å². The van der Waals surface area contributed by atoms with Gasteiger partial charge in [-0.2, -0.15) is 0 Å². The molecule has 0 radical (unpaired) electrons. The predicted molar refractivity (Wildman–Crippen MR) is 181 cm³/mol. The van der Waals surface area contributed by atoms with E-state index in [0.29, 0.717) is 0 Å². The Morgan fingerprint density at radius 2 is 1.21 bits per heavy atom. The molecule has 7 aromatic rings. The fraction of sp³-hybridized carbons (Fsp3) is 0.0714. The molecule has 1 aliphatic rings. The first-order chi connectivity index (χ1) is 21.1. The number of carbonyl (C=O) groups excluding carboxylic acids is 1. The van der Waals surface area contributed by atoms with Gasteiger partial charge in [0.15, 0.2) is 5.78 Å². The van der Waals surface area contributed by atoms with Gasteiger partial charge in [0.05, 0.1) is 0 Å². The third-order valence-electron chi connectivity index (χ3n) is 9.27. The highest BCUT2D eigenvalue weighted by Crippen LogP contribution is 2.39. The number of aryl methyl sites for hydroxylation is 3. The highest BCUT2D eigenvalue weighted by atomic mass is 16.1. The lowest BCUT2D eigenvalue weighted by molar-refractivity contribution is 0.103. The maximum atomic E-state index is 14.3. The monoisotopic (exact) mass is 550 g/mol. The van der Waals surface area contributed by atoms with E-state index in [1.807, 2.05) is 12.1 Å². The van der Waals surface area contributed by atoms with E-state index in [2.05, 4.69) is 129 Å². The first-order valence-corrected chi connectivity index (χ1v) is 15.0. The van der Waals surface area contributed by atoms with E-state index in [-0.39, 0.29) is 5.78 Å². The largest absolute Gasteiger partial charge is 0.289 e. The van der Waals surface area contributed by atoms with E-state index in [0.717, 1.165) is 62.9 Å². The fourth-order valence-electron chi connectivity index (χ4n) is 6.95. The van der Waals surface area contributed by atoms with Crippen LogP contribution in [0.5, 0.6) is 0 Å². The van der Waals surface area contributed by atoms with Crippen LogP contribution in [0.4, 0.5) is 0 Å². The van der Waals surface area contributed by atoms with Crippen molar-refractivity contribution >= 4 is 43.7 Å². The lowest BCUT2D eigenvalue weighted by atomic mass is 9.88. The number of rotatable bonds is 3. The van der Waals surface area contributed by atoms with Crippen molar-refractivity contribution in [3.63, 3.8) is 0 Å². The minimum Gasteiger partial charge on any atom is -0.289 e. The molecule has 0 aliphatic heterocycles. The number of fused-ring (bicyclic) bond motifs is 7. The zero-order valence-corrected chi connectivity index (χ0v) is 24.2. The Morgan fingerprint density at radius 3 is 2.02 bits per heavy atom. The van der Waals surface area contributed by atoms with Gasteiger partial charge in [-0.3, -0.25) is 4.79 Å². The normalized spacial score (nSPS) is 12.7. The van der Waals surface area contributed by atoms with Crippen LogP contribution in [0.25, 0.3) is 49.0 Å². The molecule has 0 saturated heterocycles. The van der Waals surface area contributed by atoms with E-state index in [9.17, 15) is 4.79 Å². The van der Waals surface area contributed by atoms with Gasteiger partial charge in [0.25, 0.3) is 0 Å². The van der Waals surface area contributed by atoms with Gasteiger partial charge in [0, 0.05) is 11.1 Å². The van der Waals surface area contributed by atoms with Crippen molar-refractivity contribution in [3.8, 4) is 11.1 Å². The summed E-state index contributed by atoms with van der Waals surface area (Å²) in [6.07, 6.45) is 1.69. The summed E-state index contributed by atoms with van der Waals surface area (Å²) in [5, 5.41) is 7.38. The third kappa shape index (κ3) is 4.12. The molecule has 0 atom stereocenters. The van der Waals surface area contributed by atoms with Gasteiger partial charge in [-0.05, 0) is 115 Å². The zero-order chi connectivity index (χ0) is 29.1. The fourth-order valence-corrected chi connectivity index (χ4v) is 6.95. The molecule has 8 rings (SSSR count). The second kappa shape index (κ2) is 9.93. The molecule has 43 heavy (non-hydrogen) atoms. The number of benzene rings is 7. The lowest BCUT2D eigenvalue weighted by Crippen LogP contribution is -2.06. The summed E-state index contributed by atoms with van der Waals surface area (Å²) in [5.74, 6) is 0.0966. The van der Waals surface area contributed by atoms with E-state index in [1.165, 1.54) is 37.9 Å². The molecular formula is C42H30O. The molecule has 0 N–H and O–H groups in total. The van der Waals surface area contributed by atoms with E-state index in [1.54, 1.807) is 0 Å². The van der Waals surface area contributed by atoms with Crippen LogP contribution < -0.4 is 0 Å². The number of hydrogen-bond donors (Lipinski definition) is 0. The predicted octanol–water partition coefficient (Wildman–Crippen LogP) is 10.5. The summed E-state index contributed by atoms with van der Waals surface area (Å²) in [7, 11) is 0. The van der Waals surface area contributed by atoms with Crippen molar-refractivity contribution in [2.75, 3.05) is 0 Å². The van der Waals surface area contributed by atoms with Crippen LogP contribution in [-0.2, 0) is 12.8 Å². The second-order valence-corrected chi connectivity index (χ2v) is 11.7. The van der Waals surface area contributed by atoms with E-state index in [4.69, 9.17) is 0 Å². The molecule has 7 aromatic carbocycles. The summed E-state index contributed by atoms with van der Waals surface area (Å²) in [6, 6.07) is 45.1. The second-order valence-electron chi connectivity index (χ2n) is 11.7. The van der Waals surface area contributed by atoms with Crippen LogP contribution in [-0.4, -0.2) is 5.78 Å². The van der Waals surface area contributed by atoms with Gasteiger partial charge in [-0.1, -0.05) is 116 Å². The zero-order valence-electron chi connectivity index (χ0n) is 24.2. The SMILES string of the molecule is C=C(c1ccc2c(c1)C(=O)c1cc(-c3cc4c5ccccc5ccc4c4ccccc34)ccc1CC2)c1ccccc1C. The number of carbonyl (C=O) groups is 1. The summed E-state index contributed by atoms with van der Waals surface area (Å²) < 4.78 is 0. The minimum absolute atomic E-state index is 0.0966. The van der Waals surface area contributed by atoms with E-state index < -0.39 is 0 Å². The van der Waals surface area contributed by atoms with Crippen LogP contribution >= 0.6 is 0 Å². The maximum Gasteiger partial charge on any atom is 0.193 e. The Labute approximate surface area is 251 Å². The Hall–Kier alpha value is -5.27. The van der Waals surface area contributed by atoms with Gasteiger partial charge in [-0.25, -0.2) is 0 Å². The first kappa shape index (κ1) is 25.4. The Bertz CT molecular complexity index is 2280. The summed E-state index contributed by atoms with van der Waals surface area (Å²) in [6.45, 7) is 6.52. The molecule has 0 saturated carbocycles. The van der Waals surface area contributed by atoms with Crippen LogP contribution in [0.2, 0.25) is 0 Å². The highest BCUT2D eigenvalue weighted by Gasteiger charge is 2.23. The van der Waals surface area contributed by atoms with Gasteiger partial charge in [-0.15, -0.1) is 0 Å². The van der Waals surface area contributed by atoms with Gasteiger partial charge < -0.3 is 0 Å². The van der Waals surface area contributed by atoms with Crippen molar-refractivity contribution in [2.24, 2.45) is 0 Å². The molecular weight excluding hydrogens is 520 g/mol. The van der Waals surface area contributed by atoms with Crippen molar-refractivity contribution in [3.05, 3.63) is 173 Å². The molecule has 0 aromatic heterocycles. The minimum atomic E-state index is 0.0966. The van der Waals surface area contributed by atoms with Crippen LogP contribution in [0.3, 0.4) is 0 Å². The molecule has 0 spiro atoms. The third-order valence-corrected chi connectivity index (χ3v) is 9.27. The van der Waals surface area contributed by atoms with Crippen molar-refractivity contribution < 1.29 is 4.79 Å². The van der Waals surface area contributed by atoms with Crippen molar-refractivity contribution in [1.82, 2.24) is 0 Å². The number of ketones is 1. The first-order valence-electron chi connectivity index (χ1n) is 15.0. The van der Waals surface area contributed by atoms with Crippen molar-refractivity contribution in [1.29, 1.82) is 0 Å². The quantitative estimate of drug-likeness (QED) is 0.200. The lowest BCUT2D eigenvalue weighted by Gasteiger charge is -2.15. The average Bonchev–Trinajstić information content (AvgIpc) is 3.19. The molecule has 204 valence electrons. The molecule has 0 fully saturated rings. The molecule has 0 heterocycles. The van der Waals surface area contributed by atoms with Crippen molar-refractivity contribution in [2.45, 2.75) is 19.8 Å². The smallest absolute Gasteiger partial charge is 0.193 e. The highest BCUT2D eigenvalue weighted by molar-refractivity contribution is 6.21. The molecule has 0 bridgehead atoms. The van der Waals surface area contributed by atoms with Crippen LogP contribution in [0.1, 0.15) is 43.7 Å². The van der Waals surface area contributed by atoms with Crippen LogP contribution in [0.15, 0.2) is 134 Å². The molecule has 1 aliphatic carbocycles.